The van der Waals surface area contributed by atoms with Gasteiger partial charge in [-0.15, -0.1) is 0 Å². The van der Waals surface area contributed by atoms with Crippen molar-refractivity contribution in [1.82, 2.24) is 0 Å². The van der Waals surface area contributed by atoms with E-state index in [1.54, 1.807) is 13.2 Å². The molecule has 0 fully saturated rings. The third kappa shape index (κ3) is 2.82. The van der Waals surface area contributed by atoms with Gasteiger partial charge in [0.05, 0.1) is 7.11 Å². The monoisotopic (exact) mass is 372 g/mol. The minimum absolute atomic E-state index is 0.141. The van der Waals surface area contributed by atoms with E-state index in [1.165, 1.54) is 5.56 Å². The van der Waals surface area contributed by atoms with Gasteiger partial charge in [-0.25, -0.2) is 0 Å². The number of rotatable bonds is 3. The average molecular weight is 372 g/mol. The molecule has 0 aliphatic carbocycles. The molecule has 1 N–H and O–H groups in total. The predicted molar refractivity (Wildman–Crippen MR) is 115 cm³/mol. The molecule has 4 nitrogen and oxygen atoms in total. The number of nitrogens with zero attached hydrogens (tertiary/aromatic N) is 1. The summed E-state index contributed by atoms with van der Waals surface area (Å²) in [4.78, 5) is 15.0. The van der Waals surface area contributed by atoms with Gasteiger partial charge in [0.15, 0.2) is 0 Å². The van der Waals surface area contributed by atoms with Crippen LogP contribution >= 0.6 is 0 Å². The summed E-state index contributed by atoms with van der Waals surface area (Å²) in [6, 6.07) is 20.0. The molecule has 0 bridgehead atoms. The number of ether oxygens (including phenoxy) is 1. The Labute approximate surface area is 165 Å². The Balaban J connectivity index is 1.68. The van der Waals surface area contributed by atoms with E-state index in [0.29, 0.717) is 0 Å². The maximum Gasteiger partial charge on any atom is 0.250 e. The normalized spacial score (nSPS) is 16.3. The van der Waals surface area contributed by atoms with Crippen molar-refractivity contribution in [3.05, 3.63) is 78.0 Å². The lowest BCUT2D eigenvalue weighted by Crippen LogP contribution is -2.25. The third-order valence-corrected chi connectivity index (χ3v) is 5.57. The molecular weight excluding hydrogens is 348 g/mol. The molecule has 0 radical (unpaired) electrons. The Morgan fingerprint density at radius 1 is 1.00 bits per heavy atom. The second-order valence-corrected chi connectivity index (χ2v) is 7.58. The fourth-order valence-corrected chi connectivity index (χ4v) is 4.11. The van der Waals surface area contributed by atoms with Gasteiger partial charge < -0.3 is 15.0 Å². The van der Waals surface area contributed by atoms with Crippen LogP contribution in [-0.4, -0.2) is 20.1 Å². The lowest BCUT2D eigenvalue weighted by Gasteiger charge is -2.24. The number of amides is 1. The van der Waals surface area contributed by atoms with E-state index in [9.17, 15) is 4.79 Å². The van der Waals surface area contributed by atoms with Crippen LogP contribution in [0.15, 0.2) is 72.4 Å². The third-order valence-electron chi connectivity index (χ3n) is 5.57. The Hall–Kier alpha value is -3.27. The van der Waals surface area contributed by atoms with Gasteiger partial charge in [-0.1, -0.05) is 56.3 Å². The first-order valence-electron chi connectivity index (χ1n) is 9.35. The van der Waals surface area contributed by atoms with Gasteiger partial charge in [-0.05, 0) is 23.8 Å². The Bertz CT molecular complexity index is 1100. The summed E-state index contributed by atoms with van der Waals surface area (Å²) in [5.41, 5.74) is 3.89. The van der Waals surface area contributed by atoms with Crippen molar-refractivity contribution in [2.45, 2.75) is 19.3 Å². The minimum atomic E-state index is -0.231. The Kier molecular flexibility index (Phi) is 4.34. The molecular formula is C24H24N2O2. The fourth-order valence-electron chi connectivity index (χ4n) is 4.11. The molecule has 3 aromatic carbocycles. The van der Waals surface area contributed by atoms with Crippen LogP contribution in [0.5, 0.6) is 5.75 Å². The number of hydrogen-bond donors (Lipinski definition) is 1. The maximum atomic E-state index is 12.9. The largest absolute Gasteiger partial charge is 0.496 e. The van der Waals surface area contributed by atoms with Crippen LogP contribution in [0.4, 0.5) is 11.4 Å². The average Bonchev–Trinajstić information content (AvgIpc) is 2.89. The number of nitrogens with one attached hydrogen (secondary N) is 1. The van der Waals surface area contributed by atoms with E-state index >= 15 is 0 Å². The van der Waals surface area contributed by atoms with Gasteiger partial charge in [-0.2, -0.15) is 0 Å². The molecule has 1 aliphatic heterocycles. The zero-order valence-electron chi connectivity index (χ0n) is 16.6. The molecule has 0 aromatic heterocycles. The molecule has 3 aromatic rings. The summed E-state index contributed by atoms with van der Waals surface area (Å²) in [7, 11) is 3.66. The molecule has 1 heterocycles. The number of methoxy groups -OCH3 is 1. The quantitative estimate of drug-likeness (QED) is 0.651. The Morgan fingerprint density at radius 3 is 2.39 bits per heavy atom. The van der Waals surface area contributed by atoms with Crippen molar-refractivity contribution in [3.8, 4) is 5.75 Å². The van der Waals surface area contributed by atoms with Crippen LogP contribution in [-0.2, 0) is 10.2 Å². The van der Waals surface area contributed by atoms with Crippen molar-refractivity contribution in [3.63, 3.8) is 0 Å². The second-order valence-electron chi connectivity index (χ2n) is 7.58. The molecule has 0 atom stereocenters. The molecule has 0 unspecified atom stereocenters. The van der Waals surface area contributed by atoms with Crippen LogP contribution in [0.3, 0.4) is 0 Å². The Morgan fingerprint density at radius 2 is 1.68 bits per heavy atom. The standard InChI is InChI=1S/C24H24N2O2/c1-24(2)18-11-7-8-12-20(18)26(3)22(24)15-23(27)25-19-13-14-21(28-4)17-10-6-5-9-16(17)19/h5-15H,1-4H3,(H,25,27)/b22-15-. The van der Waals surface area contributed by atoms with E-state index in [4.69, 9.17) is 4.74 Å². The number of carbonyl (C=O) groups excluding carboxylic acids is 1. The van der Waals surface area contributed by atoms with E-state index in [1.807, 2.05) is 55.6 Å². The zero-order chi connectivity index (χ0) is 19.9. The van der Waals surface area contributed by atoms with Crippen LogP contribution < -0.4 is 15.0 Å². The number of fused-ring (bicyclic) bond motifs is 2. The van der Waals surface area contributed by atoms with Gasteiger partial charge in [0, 0.05) is 46.4 Å². The SMILES string of the molecule is COc1ccc(NC(=O)/C=C2\N(C)c3ccccc3C2(C)C)c2ccccc12. The smallest absolute Gasteiger partial charge is 0.250 e. The number of hydrogen-bond acceptors (Lipinski definition) is 3. The summed E-state index contributed by atoms with van der Waals surface area (Å²) in [5, 5.41) is 4.98. The highest BCUT2D eigenvalue weighted by atomic mass is 16.5. The van der Waals surface area contributed by atoms with Gasteiger partial charge >= 0.3 is 0 Å². The van der Waals surface area contributed by atoms with Crippen molar-refractivity contribution in [2.24, 2.45) is 0 Å². The highest BCUT2D eigenvalue weighted by Gasteiger charge is 2.38. The van der Waals surface area contributed by atoms with E-state index < -0.39 is 0 Å². The highest BCUT2D eigenvalue weighted by Crippen LogP contribution is 2.46. The van der Waals surface area contributed by atoms with Crippen molar-refractivity contribution >= 4 is 28.1 Å². The molecule has 1 amide bonds. The minimum Gasteiger partial charge on any atom is -0.496 e. The van der Waals surface area contributed by atoms with Crippen LogP contribution in [0, 0.1) is 0 Å². The number of para-hydroxylation sites is 1. The summed E-state index contributed by atoms with van der Waals surface area (Å²) in [6.07, 6.45) is 1.71. The first-order chi connectivity index (χ1) is 13.4. The molecule has 28 heavy (non-hydrogen) atoms. The second kappa shape index (κ2) is 6.71. The fraction of sp³-hybridized carbons (Fsp3) is 0.208. The van der Waals surface area contributed by atoms with E-state index in [0.717, 1.165) is 33.6 Å². The molecule has 4 rings (SSSR count). The van der Waals surface area contributed by atoms with Gasteiger partial charge in [0.1, 0.15) is 5.75 Å². The molecule has 0 spiro atoms. The number of benzene rings is 3. The summed E-state index contributed by atoms with van der Waals surface area (Å²) >= 11 is 0. The van der Waals surface area contributed by atoms with E-state index in [-0.39, 0.29) is 11.3 Å². The summed E-state index contributed by atoms with van der Waals surface area (Å²) in [6.45, 7) is 4.30. The maximum absolute atomic E-state index is 12.9. The molecule has 1 aliphatic rings. The predicted octanol–water partition coefficient (Wildman–Crippen LogP) is 5.10. The highest BCUT2D eigenvalue weighted by molar-refractivity contribution is 6.08. The molecule has 4 heteroatoms. The van der Waals surface area contributed by atoms with Crippen LogP contribution in [0.25, 0.3) is 10.8 Å². The number of carbonyl (C=O) groups is 1. The zero-order valence-corrected chi connectivity index (χ0v) is 16.6. The summed E-state index contributed by atoms with van der Waals surface area (Å²) in [5.74, 6) is 0.650. The number of anilines is 2. The van der Waals surface area contributed by atoms with Crippen LogP contribution in [0.2, 0.25) is 0 Å². The molecule has 0 saturated heterocycles. The van der Waals surface area contributed by atoms with Gasteiger partial charge in [0.2, 0.25) is 5.91 Å². The number of allylic oxidation sites excluding steroid dienone is 1. The number of likely N-dealkylation sites (N-methyl/N-ethyl adjacent to an activating group) is 1. The first-order valence-corrected chi connectivity index (χ1v) is 9.35. The van der Waals surface area contributed by atoms with Crippen molar-refractivity contribution < 1.29 is 9.53 Å². The van der Waals surface area contributed by atoms with Gasteiger partial charge in [-0.3, -0.25) is 4.79 Å². The first kappa shape index (κ1) is 18.1. The molecule has 0 saturated carbocycles. The van der Waals surface area contributed by atoms with Gasteiger partial charge in [0.25, 0.3) is 0 Å². The van der Waals surface area contributed by atoms with E-state index in [2.05, 4.69) is 36.2 Å². The van der Waals surface area contributed by atoms with Crippen molar-refractivity contribution in [1.29, 1.82) is 0 Å². The topological polar surface area (TPSA) is 41.6 Å². The van der Waals surface area contributed by atoms with Crippen molar-refractivity contribution in [2.75, 3.05) is 24.4 Å². The van der Waals surface area contributed by atoms with Crippen LogP contribution in [0.1, 0.15) is 19.4 Å². The molecule has 142 valence electrons. The summed E-state index contributed by atoms with van der Waals surface area (Å²) < 4.78 is 5.44. The lowest BCUT2D eigenvalue weighted by atomic mass is 9.84. The lowest BCUT2D eigenvalue weighted by molar-refractivity contribution is -0.112.